The predicted molar refractivity (Wildman–Crippen MR) is 83.8 cm³/mol. The minimum Gasteiger partial charge on any atom is -0.504 e. The molecule has 1 aliphatic heterocycles. The van der Waals surface area contributed by atoms with Crippen LogP contribution in [0.15, 0.2) is 0 Å². The Hall–Kier alpha value is -2.39. The summed E-state index contributed by atoms with van der Waals surface area (Å²) in [4.78, 5) is 11.6. The van der Waals surface area contributed by atoms with Crippen molar-refractivity contribution in [1.29, 1.82) is 0 Å². The molecule has 6 N–H and O–H groups in total. The van der Waals surface area contributed by atoms with Crippen LogP contribution in [0.2, 0.25) is 0 Å². The molecule has 1 amide bonds. The van der Waals surface area contributed by atoms with Gasteiger partial charge in [0.2, 0.25) is 17.2 Å². The number of nitrogens with one attached hydrogen (secondary N) is 1. The van der Waals surface area contributed by atoms with Gasteiger partial charge in [0.05, 0.1) is 24.7 Å². The number of carbonyl (C=O) groups is 1. The van der Waals surface area contributed by atoms with Crippen molar-refractivity contribution < 1.29 is 39.8 Å². The van der Waals surface area contributed by atoms with Crippen molar-refractivity contribution in [1.82, 2.24) is 5.32 Å². The molecule has 0 bridgehead atoms. The van der Waals surface area contributed by atoms with Gasteiger partial charge in [-0.1, -0.05) is 0 Å². The molecule has 0 radical (unpaired) electrons. The molecule has 0 aromatic heterocycles. The van der Waals surface area contributed by atoms with E-state index in [9.17, 15) is 30.3 Å². The second-order valence-electron chi connectivity index (χ2n) is 6.33. The lowest BCUT2D eigenvalue weighted by atomic mass is 9.90. The molecule has 1 unspecified atom stereocenters. The first kappa shape index (κ1) is 17.4. The van der Waals surface area contributed by atoms with Gasteiger partial charge in [-0.25, -0.2) is 0 Å². The fraction of sp³-hybridized carbons (Fsp3) is 0.562. The maximum absolute atomic E-state index is 11.6. The summed E-state index contributed by atoms with van der Waals surface area (Å²) >= 11 is 0. The largest absolute Gasteiger partial charge is 0.504 e. The van der Waals surface area contributed by atoms with Crippen LogP contribution in [0.4, 0.5) is 0 Å². The highest BCUT2D eigenvalue weighted by atomic mass is 16.5. The van der Waals surface area contributed by atoms with Crippen LogP contribution in [0.3, 0.4) is 0 Å². The maximum atomic E-state index is 11.6. The molecule has 1 saturated heterocycles. The summed E-state index contributed by atoms with van der Waals surface area (Å²) in [6, 6.07) is 0. The van der Waals surface area contributed by atoms with E-state index >= 15 is 0 Å². The second kappa shape index (κ2) is 6.16. The first-order chi connectivity index (χ1) is 11.8. The summed E-state index contributed by atoms with van der Waals surface area (Å²) < 4.78 is 10.8. The van der Waals surface area contributed by atoms with Crippen LogP contribution < -0.4 is 14.8 Å². The number of phenolic OH excluding ortho intramolecular Hbond substituents is 3. The quantitative estimate of drug-likeness (QED) is 0.252. The predicted octanol–water partition coefficient (Wildman–Crippen LogP) is 0.0277. The van der Waals surface area contributed by atoms with Gasteiger partial charge >= 0.3 is 0 Å². The average molecular weight is 355 g/mol. The lowest BCUT2D eigenvalue weighted by molar-refractivity contribution is -0.182. The maximum Gasteiger partial charge on any atom is 0.280 e. The van der Waals surface area contributed by atoms with Gasteiger partial charge in [0, 0.05) is 6.54 Å². The SMILES string of the molecule is COc1c(O)c(O)c(C2CNC(=O)C2(O)O)c(O)c1OC1CCCC1. The first-order valence-electron chi connectivity index (χ1n) is 8.03. The molecule has 1 heterocycles. The summed E-state index contributed by atoms with van der Waals surface area (Å²) in [6.45, 7) is -0.248. The number of rotatable bonds is 4. The highest BCUT2D eigenvalue weighted by Crippen LogP contribution is 2.56. The summed E-state index contributed by atoms with van der Waals surface area (Å²) in [5.74, 6) is -7.89. The van der Waals surface area contributed by atoms with Gasteiger partial charge in [-0.15, -0.1) is 0 Å². The van der Waals surface area contributed by atoms with Gasteiger partial charge in [-0.2, -0.15) is 0 Å². The third-order valence-corrected chi connectivity index (χ3v) is 4.80. The van der Waals surface area contributed by atoms with E-state index in [4.69, 9.17) is 9.47 Å². The number of phenols is 3. The van der Waals surface area contributed by atoms with Crippen LogP contribution in [-0.4, -0.2) is 57.0 Å². The summed E-state index contributed by atoms with van der Waals surface area (Å²) in [6.07, 6.45) is 3.23. The molecule has 2 aliphatic rings. The number of aromatic hydroxyl groups is 3. The van der Waals surface area contributed by atoms with Gasteiger partial charge < -0.3 is 40.3 Å². The van der Waals surface area contributed by atoms with Crippen LogP contribution in [0.25, 0.3) is 0 Å². The number of aliphatic hydroxyl groups is 2. The van der Waals surface area contributed by atoms with E-state index in [1.165, 1.54) is 7.11 Å². The number of carbonyl (C=O) groups excluding carboxylic acids is 1. The number of amides is 1. The molecule has 1 aromatic carbocycles. The second-order valence-corrected chi connectivity index (χ2v) is 6.33. The standard InChI is InChI=1S/C16H21NO8/c1-24-13-12(20)10(18)9(8-6-17-15(21)16(8,22)23)11(19)14(13)25-7-4-2-3-5-7/h7-8,18-20,22-23H,2-6H2,1H3,(H,17,21). The van der Waals surface area contributed by atoms with E-state index < -0.39 is 40.4 Å². The monoisotopic (exact) mass is 355 g/mol. The average Bonchev–Trinajstić information content (AvgIpc) is 3.16. The molecule has 138 valence electrons. The van der Waals surface area contributed by atoms with Crippen LogP contribution >= 0.6 is 0 Å². The number of hydrogen-bond acceptors (Lipinski definition) is 8. The molecule has 1 atom stereocenters. The zero-order chi connectivity index (χ0) is 18.4. The Morgan fingerprint density at radius 1 is 1.04 bits per heavy atom. The molecule has 1 aromatic rings. The Morgan fingerprint density at radius 3 is 2.20 bits per heavy atom. The van der Waals surface area contributed by atoms with Crippen molar-refractivity contribution in [2.24, 2.45) is 0 Å². The number of benzene rings is 1. The van der Waals surface area contributed by atoms with E-state index in [-0.39, 0.29) is 24.1 Å². The van der Waals surface area contributed by atoms with Crippen LogP contribution in [0, 0.1) is 0 Å². The van der Waals surface area contributed by atoms with E-state index in [0.29, 0.717) is 0 Å². The number of ether oxygens (including phenoxy) is 2. The molecule has 1 saturated carbocycles. The lowest BCUT2D eigenvalue weighted by Gasteiger charge is -2.26. The molecule has 2 fully saturated rings. The zero-order valence-corrected chi connectivity index (χ0v) is 13.7. The van der Waals surface area contributed by atoms with Crippen molar-refractivity contribution in [2.75, 3.05) is 13.7 Å². The van der Waals surface area contributed by atoms with Crippen LogP contribution in [0.5, 0.6) is 28.7 Å². The fourth-order valence-electron chi connectivity index (χ4n) is 3.42. The van der Waals surface area contributed by atoms with Gasteiger partial charge in [-0.3, -0.25) is 4.79 Å². The van der Waals surface area contributed by atoms with Crippen LogP contribution in [0.1, 0.15) is 37.2 Å². The summed E-state index contributed by atoms with van der Waals surface area (Å²) in [7, 11) is 1.23. The lowest BCUT2D eigenvalue weighted by Crippen LogP contribution is -2.41. The van der Waals surface area contributed by atoms with Crippen molar-refractivity contribution >= 4 is 5.91 Å². The molecule has 0 spiro atoms. The highest BCUT2D eigenvalue weighted by Gasteiger charge is 2.51. The minimum absolute atomic E-state index is 0.199. The van der Waals surface area contributed by atoms with E-state index in [0.717, 1.165) is 25.7 Å². The zero-order valence-electron chi connectivity index (χ0n) is 13.7. The molecule has 1 aliphatic carbocycles. The van der Waals surface area contributed by atoms with Crippen molar-refractivity contribution in [3.05, 3.63) is 5.56 Å². The molecule has 9 heteroatoms. The van der Waals surface area contributed by atoms with Gasteiger partial charge in [0.15, 0.2) is 11.5 Å². The van der Waals surface area contributed by atoms with Crippen molar-refractivity contribution in [2.45, 2.75) is 43.5 Å². The Labute approximate surface area is 143 Å². The van der Waals surface area contributed by atoms with Gasteiger partial charge in [-0.05, 0) is 25.7 Å². The summed E-state index contributed by atoms with van der Waals surface area (Å²) in [5.41, 5.74) is -0.394. The van der Waals surface area contributed by atoms with Gasteiger partial charge in [0.25, 0.3) is 11.7 Å². The number of hydrogen-bond donors (Lipinski definition) is 6. The van der Waals surface area contributed by atoms with Crippen molar-refractivity contribution in [3.63, 3.8) is 0 Å². The highest BCUT2D eigenvalue weighted by molar-refractivity contribution is 5.88. The molecular weight excluding hydrogens is 334 g/mol. The van der Waals surface area contributed by atoms with Crippen molar-refractivity contribution in [3.8, 4) is 28.7 Å². The molecule has 3 rings (SSSR count). The smallest absolute Gasteiger partial charge is 0.280 e. The normalized spacial score (nSPS) is 22.8. The molecular formula is C16H21NO8. The Kier molecular flexibility index (Phi) is 4.29. The Morgan fingerprint density at radius 2 is 1.68 bits per heavy atom. The minimum atomic E-state index is -2.85. The topological polar surface area (TPSA) is 149 Å². The van der Waals surface area contributed by atoms with Gasteiger partial charge in [0.1, 0.15) is 0 Å². The van der Waals surface area contributed by atoms with E-state index in [1.807, 2.05) is 0 Å². The molecule has 9 nitrogen and oxygen atoms in total. The van der Waals surface area contributed by atoms with E-state index in [1.54, 1.807) is 0 Å². The first-order valence-corrected chi connectivity index (χ1v) is 8.03. The third-order valence-electron chi connectivity index (χ3n) is 4.80. The Balaban J connectivity index is 2.12. The van der Waals surface area contributed by atoms with Crippen LogP contribution in [-0.2, 0) is 4.79 Å². The molecule has 25 heavy (non-hydrogen) atoms. The Bertz CT molecular complexity index is 696. The third kappa shape index (κ3) is 2.69. The summed E-state index contributed by atoms with van der Waals surface area (Å²) in [5, 5.41) is 53.3. The van der Waals surface area contributed by atoms with E-state index in [2.05, 4.69) is 5.32 Å². The fourth-order valence-corrected chi connectivity index (χ4v) is 3.42. The number of methoxy groups -OCH3 is 1.